The summed E-state index contributed by atoms with van der Waals surface area (Å²) in [5.41, 5.74) is 1.43. The Morgan fingerprint density at radius 3 is 2.25 bits per heavy atom. The summed E-state index contributed by atoms with van der Waals surface area (Å²) in [6, 6.07) is 2.17. The fourth-order valence-corrected chi connectivity index (χ4v) is 6.46. The minimum atomic E-state index is -0.948. The first-order valence-electron chi connectivity index (χ1n) is 16.6. The third-order valence-corrected chi connectivity index (χ3v) is 9.23. The summed E-state index contributed by atoms with van der Waals surface area (Å²) < 4.78 is 0. The number of carbonyl (C=O) groups is 1. The van der Waals surface area contributed by atoms with Crippen molar-refractivity contribution in [1.82, 2.24) is 4.98 Å². The Balaban J connectivity index is 1.69. The third-order valence-electron chi connectivity index (χ3n) is 9.23. The number of aryl methyl sites for hydroxylation is 1. The number of nitrogens with zero attached hydrogens (tertiary/aromatic N) is 1. The number of aromatic nitrogens is 1. The van der Waals surface area contributed by atoms with E-state index in [2.05, 4.69) is 31.8 Å². The quantitative estimate of drug-likeness (QED) is 0.105. The molecule has 5 atom stereocenters. The van der Waals surface area contributed by atoms with Crippen LogP contribution in [-0.2, 0) is 17.6 Å². The lowest BCUT2D eigenvalue weighted by Gasteiger charge is -2.33. The van der Waals surface area contributed by atoms with Crippen LogP contribution in [0.25, 0.3) is 0 Å². The van der Waals surface area contributed by atoms with Gasteiger partial charge in [0.1, 0.15) is 0 Å². The maximum absolute atomic E-state index is 11.9. The molecule has 1 aliphatic carbocycles. The summed E-state index contributed by atoms with van der Waals surface area (Å²) in [4.78, 5) is 16.5. The Morgan fingerprint density at radius 1 is 0.975 bits per heavy atom. The first kappa shape index (κ1) is 34.8. The molecule has 6 nitrogen and oxygen atoms in total. The monoisotopic (exact) mass is 562 g/mol. The van der Waals surface area contributed by atoms with Crippen molar-refractivity contribution in [3.8, 4) is 0 Å². The second-order valence-corrected chi connectivity index (χ2v) is 13.2. The highest BCUT2D eigenvalue weighted by Gasteiger charge is 2.41. The molecule has 1 aliphatic rings. The molecule has 1 aromatic rings. The third kappa shape index (κ3) is 13.1. The summed E-state index contributed by atoms with van der Waals surface area (Å²) in [5, 5.41) is 42.2. The van der Waals surface area contributed by atoms with Gasteiger partial charge in [0.15, 0.2) is 0 Å². The predicted molar refractivity (Wildman–Crippen MR) is 162 cm³/mol. The molecule has 40 heavy (non-hydrogen) atoms. The van der Waals surface area contributed by atoms with E-state index in [0.29, 0.717) is 31.6 Å². The van der Waals surface area contributed by atoms with E-state index in [1.807, 2.05) is 6.20 Å². The largest absolute Gasteiger partial charge is 0.667 e. The van der Waals surface area contributed by atoms with Gasteiger partial charge in [0.2, 0.25) is 0 Å². The van der Waals surface area contributed by atoms with Crippen LogP contribution in [0, 0.1) is 17.8 Å². The second kappa shape index (κ2) is 18.9. The highest BCUT2D eigenvalue weighted by atomic mass is 16.4. The Bertz CT molecular complexity index is 808. The van der Waals surface area contributed by atoms with E-state index in [1.54, 1.807) is 0 Å². The Hall–Kier alpha value is -1.37. The average molecular weight is 563 g/mol. The molecule has 0 aromatic carbocycles. The van der Waals surface area contributed by atoms with Crippen molar-refractivity contribution in [2.45, 2.75) is 167 Å². The Labute approximate surface area is 244 Å². The van der Waals surface area contributed by atoms with E-state index in [-0.39, 0.29) is 12.0 Å². The lowest BCUT2D eigenvalue weighted by Crippen LogP contribution is -2.37. The van der Waals surface area contributed by atoms with Gasteiger partial charge in [-0.3, -0.25) is 4.79 Å². The van der Waals surface area contributed by atoms with Crippen molar-refractivity contribution in [1.29, 1.82) is 0 Å². The van der Waals surface area contributed by atoms with Crippen molar-refractivity contribution >= 4 is 5.97 Å². The topological polar surface area (TPSA) is 112 Å². The molecule has 1 aromatic heterocycles. The Kier molecular flexibility index (Phi) is 16.5. The van der Waals surface area contributed by atoms with Gasteiger partial charge in [-0.1, -0.05) is 96.6 Å². The van der Waals surface area contributed by atoms with Crippen molar-refractivity contribution in [2.75, 3.05) is 0 Å². The normalized spacial score (nSPS) is 21.6. The molecule has 0 spiro atoms. The van der Waals surface area contributed by atoms with Gasteiger partial charge in [0.25, 0.3) is 0 Å². The first-order valence-corrected chi connectivity index (χ1v) is 16.6. The number of carboxylic acid groups (broad SMARTS) is 1. The van der Waals surface area contributed by atoms with Gasteiger partial charge in [0, 0.05) is 0 Å². The van der Waals surface area contributed by atoms with Crippen LogP contribution in [0.4, 0.5) is 0 Å². The van der Waals surface area contributed by atoms with Gasteiger partial charge in [-0.05, 0) is 76.0 Å². The molecule has 0 amide bonds. The van der Waals surface area contributed by atoms with Gasteiger partial charge in [-0.15, -0.1) is 0 Å². The highest BCUT2D eigenvalue weighted by molar-refractivity contribution is 5.70. The lowest BCUT2D eigenvalue weighted by atomic mass is 9.81. The molecule has 6 heteroatoms. The molecule has 1 heterocycles. The maximum atomic E-state index is 11.9. The summed E-state index contributed by atoms with van der Waals surface area (Å²) in [6.45, 7) is 6.66. The van der Waals surface area contributed by atoms with E-state index >= 15 is 0 Å². The van der Waals surface area contributed by atoms with Gasteiger partial charge in [-0.25, -0.2) is 0 Å². The highest BCUT2D eigenvalue weighted by Crippen LogP contribution is 2.41. The summed E-state index contributed by atoms with van der Waals surface area (Å²) in [5.74, 6) is -0.983. The van der Waals surface area contributed by atoms with E-state index in [1.165, 1.54) is 31.2 Å². The van der Waals surface area contributed by atoms with Gasteiger partial charge >= 0.3 is 5.97 Å². The number of aliphatic hydroxyl groups is 3. The smallest absolute Gasteiger partial charge is 0.309 e. The fraction of sp³-hybridized carbons (Fsp3) is 0.853. The van der Waals surface area contributed by atoms with Crippen LogP contribution in [0.5, 0.6) is 0 Å². The molecule has 2 rings (SSSR count). The van der Waals surface area contributed by atoms with Crippen molar-refractivity contribution < 1.29 is 25.2 Å². The molecule has 0 saturated heterocycles. The number of hydrogen-bond acceptors (Lipinski definition) is 4. The zero-order valence-corrected chi connectivity index (χ0v) is 25.8. The average Bonchev–Trinajstić information content (AvgIpc) is 3.51. The van der Waals surface area contributed by atoms with Crippen LogP contribution in [0.1, 0.15) is 148 Å². The van der Waals surface area contributed by atoms with Gasteiger partial charge < -0.3 is 25.4 Å². The molecule has 0 radical (unpaired) electrons. The van der Waals surface area contributed by atoms with Crippen LogP contribution in [0.15, 0.2) is 12.3 Å². The molecule has 5 unspecified atom stereocenters. The zero-order valence-electron chi connectivity index (χ0n) is 25.8. The first-order chi connectivity index (χ1) is 19.1. The van der Waals surface area contributed by atoms with Crippen LogP contribution in [-0.4, -0.2) is 44.2 Å². The summed E-state index contributed by atoms with van der Waals surface area (Å²) in [7, 11) is 0. The molecule has 0 aliphatic heterocycles. The summed E-state index contributed by atoms with van der Waals surface area (Å²) >= 11 is 0. The molecular formula is C34H60NO5-. The fourth-order valence-electron chi connectivity index (χ4n) is 6.46. The number of unbranched alkanes of at least 4 members (excludes halogenated alkanes) is 7. The molecule has 232 valence electrons. The minimum absolute atomic E-state index is 0.0996. The van der Waals surface area contributed by atoms with Gasteiger partial charge in [-0.2, -0.15) is 11.9 Å². The zero-order chi connectivity index (χ0) is 29.4. The summed E-state index contributed by atoms with van der Waals surface area (Å²) in [6.07, 6.45) is 18.9. The predicted octanol–water partition coefficient (Wildman–Crippen LogP) is 7.21. The number of hydrogen-bond donors (Lipinski definition) is 4. The second-order valence-electron chi connectivity index (χ2n) is 13.2. The molecule has 1 fully saturated rings. The molecule has 0 bridgehead atoms. The van der Waals surface area contributed by atoms with Crippen molar-refractivity contribution in [3.63, 3.8) is 0 Å². The van der Waals surface area contributed by atoms with Crippen LogP contribution >= 0.6 is 0 Å². The number of carboxylic acids is 1. The minimum Gasteiger partial charge on any atom is -0.667 e. The number of rotatable bonds is 23. The molecular weight excluding hydrogens is 502 g/mol. The van der Waals surface area contributed by atoms with Gasteiger partial charge in [0.05, 0.1) is 23.7 Å². The number of aliphatic carboxylic acids is 1. The number of aliphatic hydroxyl groups excluding tert-OH is 2. The van der Waals surface area contributed by atoms with E-state index in [9.17, 15) is 25.2 Å². The SMILES string of the molecule is CCCCCCCC(O)CCCCCCC(C(=O)O)C(O)CCC1(O)CCCC1Cc1cc(CCC(C)C)c[n-]1. The van der Waals surface area contributed by atoms with Crippen LogP contribution in [0.2, 0.25) is 0 Å². The van der Waals surface area contributed by atoms with Crippen LogP contribution < -0.4 is 4.98 Å². The molecule has 1 saturated carbocycles. The van der Waals surface area contributed by atoms with Crippen molar-refractivity contribution in [3.05, 3.63) is 23.5 Å². The van der Waals surface area contributed by atoms with E-state index < -0.39 is 23.6 Å². The lowest BCUT2D eigenvalue weighted by molar-refractivity contribution is -0.146. The Morgan fingerprint density at radius 2 is 1.62 bits per heavy atom. The van der Waals surface area contributed by atoms with E-state index in [4.69, 9.17) is 0 Å². The maximum Gasteiger partial charge on any atom is 0.309 e. The van der Waals surface area contributed by atoms with Crippen molar-refractivity contribution in [2.24, 2.45) is 17.8 Å². The molecule has 4 N–H and O–H groups in total. The van der Waals surface area contributed by atoms with Crippen LogP contribution in [0.3, 0.4) is 0 Å². The standard InChI is InChI=1S/C34H60NO5/c1-4-5-6-7-10-15-30(36)16-11-8-9-12-17-31(33(38)39)32(37)20-22-34(40)21-13-14-28(34)24-29-23-27(25-35-29)19-18-26(2)3/h23,25-26,28,30-32,36-37,40H,4-22,24H2,1-3H3,(H,38,39)/q-1. The van der Waals surface area contributed by atoms with E-state index in [0.717, 1.165) is 82.7 Å².